The Balaban J connectivity index is 1.59. The molecule has 4 amide bonds. The molecule has 2 heterocycles. The molecule has 0 saturated carbocycles. The lowest BCUT2D eigenvalue weighted by Gasteiger charge is -2.37. The number of imide groups is 2. The van der Waals surface area contributed by atoms with Crippen molar-refractivity contribution in [1.82, 2.24) is 15.1 Å². The van der Waals surface area contributed by atoms with Gasteiger partial charge in [-0.15, -0.1) is 0 Å². The summed E-state index contributed by atoms with van der Waals surface area (Å²) in [6.07, 6.45) is 1.58. The number of benzene rings is 1. The molecule has 2 aliphatic heterocycles. The SMILES string of the molecule is CN1C(=O)NC(=O)C(C2CCN(Cc3ccccc3)CC2)C1=O. The van der Waals surface area contributed by atoms with Gasteiger partial charge in [-0.05, 0) is 37.4 Å². The van der Waals surface area contributed by atoms with Crippen molar-refractivity contribution in [3.05, 3.63) is 35.9 Å². The number of piperidine rings is 1. The van der Waals surface area contributed by atoms with E-state index in [4.69, 9.17) is 0 Å². The summed E-state index contributed by atoms with van der Waals surface area (Å²) in [5.41, 5.74) is 1.27. The summed E-state index contributed by atoms with van der Waals surface area (Å²) in [7, 11) is 1.42. The van der Waals surface area contributed by atoms with Crippen LogP contribution in [0.15, 0.2) is 30.3 Å². The van der Waals surface area contributed by atoms with Crippen molar-refractivity contribution in [3.8, 4) is 0 Å². The lowest BCUT2D eigenvalue weighted by atomic mass is 9.82. The fourth-order valence-corrected chi connectivity index (χ4v) is 3.39. The highest BCUT2D eigenvalue weighted by atomic mass is 16.2. The second-order valence-corrected chi connectivity index (χ2v) is 6.27. The smallest absolute Gasteiger partial charge is 0.299 e. The van der Waals surface area contributed by atoms with Gasteiger partial charge in [-0.25, -0.2) is 4.79 Å². The predicted molar refractivity (Wildman–Crippen MR) is 84.2 cm³/mol. The summed E-state index contributed by atoms with van der Waals surface area (Å²) in [4.78, 5) is 39.1. The van der Waals surface area contributed by atoms with Gasteiger partial charge in [0, 0.05) is 13.6 Å². The number of nitrogens with one attached hydrogen (secondary N) is 1. The number of likely N-dealkylation sites (tertiary alicyclic amines) is 1. The number of nitrogens with zero attached hydrogens (tertiary/aromatic N) is 2. The molecule has 0 radical (unpaired) electrons. The Bertz CT molecular complexity index is 609. The van der Waals surface area contributed by atoms with Gasteiger partial charge in [0.1, 0.15) is 5.92 Å². The van der Waals surface area contributed by atoms with Crippen molar-refractivity contribution in [2.45, 2.75) is 19.4 Å². The van der Waals surface area contributed by atoms with Crippen LogP contribution in [0.1, 0.15) is 18.4 Å². The Morgan fingerprint density at radius 3 is 2.39 bits per heavy atom. The maximum atomic E-state index is 12.2. The summed E-state index contributed by atoms with van der Waals surface area (Å²) >= 11 is 0. The average Bonchev–Trinajstić information content (AvgIpc) is 2.55. The fraction of sp³-hybridized carbons (Fsp3) is 0.471. The van der Waals surface area contributed by atoms with Gasteiger partial charge in [0.15, 0.2) is 0 Å². The highest BCUT2D eigenvalue weighted by Gasteiger charge is 2.43. The number of hydrogen-bond donors (Lipinski definition) is 1. The van der Waals surface area contributed by atoms with Gasteiger partial charge in [-0.2, -0.15) is 0 Å². The van der Waals surface area contributed by atoms with Crippen LogP contribution < -0.4 is 5.32 Å². The topological polar surface area (TPSA) is 69.7 Å². The van der Waals surface area contributed by atoms with Crippen LogP contribution in [0.5, 0.6) is 0 Å². The molecular weight excluding hydrogens is 294 g/mol. The molecule has 0 bridgehead atoms. The molecule has 2 saturated heterocycles. The van der Waals surface area contributed by atoms with Gasteiger partial charge in [-0.3, -0.25) is 24.7 Å². The quantitative estimate of drug-likeness (QED) is 0.852. The van der Waals surface area contributed by atoms with Crippen LogP contribution in [0.3, 0.4) is 0 Å². The first-order valence-corrected chi connectivity index (χ1v) is 7.95. The molecule has 1 unspecified atom stereocenters. The van der Waals surface area contributed by atoms with E-state index in [1.54, 1.807) is 0 Å². The third kappa shape index (κ3) is 3.27. The Morgan fingerprint density at radius 1 is 1.09 bits per heavy atom. The Labute approximate surface area is 135 Å². The van der Waals surface area contributed by atoms with Crippen molar-refractivity contribution in [2.75, 3.05) is 20.1 Å². The molecule has 23 heavy (non-hydrogen) atoms. The summed E-state index contributed by atoms with van der Waals surface area (Å²) in [6, 6.07) is 9.63. The molecule has 3 rings (SSSR count). The van der Waals surface area contributed by atoms with Crippen LogP contribution in [0.2, 0.25) is 0 Å². The highest BCUT2D eigenvalue weighted by Crippen LogP contribution is 2.29. The molecule has 122 valence electrons. The third-order valence-corrected chi connectivity index (χ3v) is 4.77. The van der Waals surface area contributed by atoms with Crippen LogP contribution >= 0.6 is 0 Å². The minimum absolute atomic E-state index is 0.00470. The molecule has 1 N–H and O–H groups in total. The molecule has 0 aliphatic carbocycles. The van der Waals surface area contributed by atoms with Crippen molar-refractivity contribution in [3.63, 3.8) is 0 Å². The summed E-state index contributed by atoms with van der Waals surface area (Å²) < 4.78 is 0. The first kappa shape index (κ1) is 15.7. The van der Waals surface area contributed by atoms with Crippen LogP contribution in [0.4, 0.5) is 4.79 Å². The predicted octanol–water partition coefficient (Wildman–Crippen LogP) is 1.22. The molecule has 2 aliphatic rings. The van der Waals surface area contributed by atoms with Gasteiger partial charge in [0.25, 0.3) is 0 Å². The molecule has 0 aromatic heterocycles. The highest BCUT2D eigenvalue weighted by molar-refractivity contribution is 6.16. The molecular formula is C17H21N3O3. The van der Waals surface area contributed by atoms with E-state index in [9.17, 15) is 14.4 Å². The van der Waals surface area contributed by atoms with E-state index < -0.39 is 17.9 Å². The fourth-order valence-electron chi connectivity index (χ4n) is 3.39. The Kier molecular flexibility index (Phi) is 4.43. The van der Waals surface area contributed by atoms with Crippen LogP contribution in [-0.2, 0) is 16.1 Å². The number of carbonyl (C=O) groups is 3. The van der Waals surface area contributed by atoms with Gasteiger partial charge in [0.2, 0.25) is 11.8 Å². The van der Waals surface area contributed by atoms with Crippen molar-refractivity contribution >= 4 is 17.8 Å². The van der Waals surface area contributed by atoms with Gasteiger partial charge in [-0.1, -0.05) is 30.3 Å². The lowest BCUT2D eigenvalue weighted by Crippen LogP contribution is -2.59. The van der Waals surface area contributed by atoms with E-state index in [-0.39, 0.29) is 11.8 Å². The van der Waals surface area contributed by atoms with Gasteiger partial charge in [0.05, 0.1) is 0 Å². The number of barbiturate groups is 1. The largest absolute Gasteiger partial charge is 0.330 e. The second kappa shape index (κ2) is 6.50. The Morgan fingerprint density at radius 2 is 1.74 bits per heavy atom. The number of rotatable bonds is 3. The molecule has 2 fully saturated rings. The summed E-state index contributed by atoms with van der Waals surface area (Å²) in [5, 5.41) is 2.27. The molecule has 1 aromatic carbocycles. The first-order chi connectivity index (χ1) is 11.1. The van der Waals surface area contributed by atoms with Gasteiger partial charge < -0.3 is 0 Å². The zero-order chi connectivity index (χ0) is 16.4. The molecule has 1 aromatic rings. The zero-order valence-corrected chi connectivity index (χ0v) is 13.2. The zero-order valence-electron chi connectivity index (χ0n) is 13.2. The third-order valence-electron chi connectivity index (χ3n) is 4.77. The number of carbonyl (C=O) groups excluding carboxylic acids is 3. The number of amides is 4. The standard InChI is InChI=1S/C17H21N3O3/c1-19-16(22)14(15(21)18-17(19)23)13-7-9-20(10-8-13)11-12-5-3-2-4-6-12/h2-6,13-14H,7-11H2,1H3,(H,18,21,23). The summed E-state index contributed by atoms with van der Waals surface area (Å²) in [6.45, 7) is 2.60. The molecule has 6 nitrogen and oxygen atoms in total. The van der Waals surface area contributed by atoms with Crippen molar-refractivity contribution in [2.24, 2.45) is 11.8 Å². The van der Waals surface area contributed by atoms with E-state index in [1.165, 1.54) is 12.6 Å². The van der Waals surface area contributed by atoms with E-state index in [1.807, 2.05) is 18.2 Å². The van der Waals surface area contributed by atoms with Crippen LogP contribution in [0, 0.1) is 11.8 Å². The van der Waals surface area contributed by atoms with E-state index in [0.29, 0.717) is 0 Å². The monoisotopic (exact) mass is 315 g/mol. The second-order valence-electron chi connectivity index (χ2n) is 6.27. The average molecular weight is 315 g/mol. The lowest BCUT2D eigenvalue weighted by molar-refractivity contribution is -0.145. The van der Waals surface area contributed by atoms with Crippen LogP contribution in [-0.4, -0.2) is 47.8 Å². The number of hydrogen-bond acceptors (Lipinski definition) is 4. The van der Waals surface area contributed by atoms with E-state index >= 15 is 0 Å². The Hall–Kier alpha value is -2.21. The summed E-state index contributed by atoms with van der Waals surface area (Å²) in [5.74, 6) is -1.54. The normalized spacial score (nSPS) is 24.0. The minimum Gasteiger partial charge on any atom is -0.299 e. The van der Waals surface area contributed by atoms with Crippen LogP contribution in [0.25, 0.3) is 0 Å². The first-order valence-electron chi connectivity index (χ1n) is 7.95. The number of urea groups is 1. The minimum atomic E-state index is -0.725. The maximum absolute atomic E-state index is 12.2. The van der Waals surface area contributed by atoms with Crippen molar-refractivity contribution in [1.29, 1.82) is 0 Å². The molecule has 6 heteroatoms. The maximum Gasteiger partial charge on any atom is 0.330 e. The molecule has 0 spiro atoms. The van der Waals surface area contributed by atoms with E-state index in [2.05, 4.69) is 22.3 Å². The van der Waals surface area contributed by atoms with E-state index in [0.717, 1.165) is 37.4 Å². The van der Waals surface area contributed by atoms with Crippen molar-refractivity contribution < 1.29 is 14.4 Å². The molecule has 1 atom stereocenters. The van der Waals surface area contributed by atoms with Gasteiger partial charge >= 0.3 is 6.03 Å².